The first-order valence-corrected chi connectivity index (χ1v) is 8.99. The van der Waals surface area contributed by atoms with Gasteiger partial charge in [0.15, 0.2) is 6.10 Å². The molecular weight excluding hydrogens is 342 g/mol. The van der Waals surface area contributed by atoms with E-state index in [-0.39, 0.29) is 30.6 Å². The average molecular weight is 363 g/mol. The van der Waals surface area contributed by atoms with Crippen molar-refractivity contribution in [3.05, 3.63) is 71.8 Å². The normalized spacial score (nSPS) is 24.7. The molecule has 0 aliphatic carbocycles. The molecule has 138 valence electrons. The molecule has 0 spiro atoms. The first-order chi connectivity index (χ1) is 13.1. The maximum absolute atomic E-state index is 13.2. The highest BCUT2D eigenvalue weighted by atomic mass is 16.5. The Bertz CT molecular complexity index is 882. The van der Waals surface area contributed by atoms with Crippen LogP contribution >= 0.6 is 0 Å². The van der Waals surface area contributed by atoms with E-state index in [2.05, 4.69) is 4.99 Å². The molecule has 1 fully saturated rings. The van der Waals surface area contributed by atoms with Crippen molar-refractivity contribution in [3.8, 4) is 0 Å². The van der Waals surface area contributed by atoms with Crippen LogP contribution in [-0.2, 0) is 9.53 Å². The molecule has 2 aromatic rings. The van der Waals surface area contributed by atoms with Gasteiger partial charge >= 0.3 is 6.03 Å². The molecule has 0 radical (unpaired) electrons. The zero-order valence-electron chi connectivity index (χ0n) is 15.3. The lowest BCUT2D eigenvalue weighted by atomic mass is 10.00. The first kappa shape index (κ1) is 17.3. The molecule has 1 saturated heterocycles. The van der Waals surface area contributed by atoms with E-state index in [4.69, 9.17) is 4.74 Å². The van der Waals surface area contributed by atoms with Gasteiger partial charge in [0.05, 0.1) is 18.6 Å². The summed E-state index contributed by atoms with van der Waals surface area (Å²) in [5.74, 6) is 0.0954. The highest BCUT2D eigenvalue weighted by molar-refractivity contribution is 6.03. The van der Waals surface area contributed by atoms with E-state index in [9.17, 15) is 9.59 Å². The van der Waals surface area contributed by atoms with E-state index < -0.39 is 6.10 Å². The van der Waals surface area contributed by atoms with Crippen molar-refractivity contribution >= 4 is 17.8 Å². The summed E-state index contributed by atoms with van der Waals surface area (Å²) >= 11 is 0. The van der Waals surface area contributed by atoms with E-state index in [0.717, 1.165) is 11.1 Å². The van der Waals surface area contributed by atoms with Crippen LogP contribution in [0.3, 0.4) is 0 Å². The van der Waals surface area contributed by atoms with Crippen molar-refractivity contribution in [2.24, 2.45) is 4.99 Å². The number of ether oxygens (including phenoxy) is 1. The standard InChI is InChI=1S/C21H21N3O3/c1-14-18(15-9-5-3-6-10-15)24(21(26)23(14)2)20(25)17-13-22-19(27-17)16-11-7-4-8-12-16/h3-12,14,17-18H,13H2,1-2H3/t14-,17+,18-/m0/s1. The Morgan fingerprint density at radius 2 is 1.70 bits per heavy atom. The van der Waals surface area contributed by atoms with E-state index >= 15 is 0 Å². The maximum atomic E-state index is 13.2. The highest BCUT2D eigenvalue weighted by Crippen LogP contribution is 2.35. The fraction of sp³-hybridized carbons (Fsp3) is 0.286. The number of urea groups is 1. The van der Waals surface area contributed by atoms with Gasteiger partial charge in [0, 0.05) is 12.6 Å². The maximum Gasteiger partial charge on any atom is 0.327 e. The third kappa shape index (κ3) is 2.97. The van der Waals surface area contributed by atoms with Crippen molar-refractivity contribution in [1.82, 2.24) is 9.80 Å². The molecule has 2 aromatic carbocycles. The molecule has 27 heavy (non-hydrogen) atoms. The lowest BCUT2D eigenvalue weighted by molar-refractivity contribution is -0.136. The van der Waals surface area contributed by atoms with Crippen LogP contribution < -0.4 is 0 Å². The number of rotatable bonds is 3. The molecule has 2 aliphatic heterocycles. The summed E-state index contributed by atoms with van der Waals surface area (Å²) in [6, 6.07) is 18.3. The van der Waals surface area contributed by atoms with Crippen molar-refractivity contribution < 1.29 is 14.3 Å². The van der Waals surface area contributed by atoms with Gasteiger partial charge in [-0.15, -0.1) is 0 Å². The number of imide groups is 1. The van der Waals surface area contributed by atoms with Gasteiger partial charge in [-0.1, -0.05) is 48.5 Å². The number of hydrogen-bond acceptors (Lipinski definition) is 4. The van der Waals surface area contributed by atoms with Crippen LogP contribution in [0.15, 0.2) is 65.7 Å². The highest BCUT2D eigenvalue weighted by Gasteiger charge is 2.48. The molecule has 0 N–H and O–H groups in total. The molecule has 0 saturated carbocycles. The smallest absolute Gasteiger partial charge is 0.327 e. The molecule has 3 atom stereocenters. The number of amides is 3. The van der Waals surface area contributed by atoms with E-state index in [1.165, 1.54) is 4.90 Å². The Kier molecular flexibility index (Phi) is 4.39. The number of carbonyl (C=O) groups excluding carboxylic acids is 2. The van der Waals surface area contributed by atoms with Gasteiger partial charge in [-0.05, 0) is 24.6 Å². The summed E-state index contributed by atoms with van der Waals surface area (Å²) in [7, 11) is 1.72. The number of carbonyl (C=O) groups is 2. The van der Waals surface area contributed by atoms with Crippen molar-refractivity contribution in [3.63, 3.8) is 0 Å². The minimum absolute atomic E-state index is 0.125. The topological polar surface area (TPSA) is 62.2 Å². The number of aliphatic imine (C=N–C) groups is 1. The Hall–Kier alpha value is -3.15. The summed E-state index contributed by atoms with van der Waals surface area (Å²) in [5.41, 5.74) is 1.75. The van der Waals surface area contributed by atoms with Crippen LogP contribution in [0.5, 0.6) is 0 Å². The quantitative estimate of drug-likeness (QED) is 0.842. The molecule has 0 unspecified atom stereocenters. The largest absolute Gasteiger partial charge is 0.462 e. The van der Waals surface area contributed by atoms with Crippen LogP contribution in [0.2, 0.25) is 0 Å². The summed E-state index contributed by atoms with van der Waals surface area (Å²) in [4.78, 5) is 33.3. The summed E-state index contributed by atoms with van der Waals surface area (Å²) in [5, 5.41) is 0. The molecule has 4 rings (SSSR count). The molecule has 6 nitrogen and oxygen atoms in total. The lowest BCUT2D eigenvalue weighted by Gasteiger charge is -2.26. The molecule has 0 bridgehead atoms. The monoisotopic (exact) mass is 363 g/mol. The first-order valence-electron chi connectivity index (χ1n) is 8.99. The van der Waals surface area contributed by atoms with Gasteiger partial charge in [0.2, 0.25) is 5.90 Å². The molecule has 6 heteroatoms. The van der Waals surface area contributed by atoms with Gasteiger partial charge in [-0.25, -0.2) is 9.79 Å². The SMILES string of the molecule is C[C@H]1[C@@H](c2ccccc2)N(C(=O)[C@H]2CN=C(c3ccccc3)O2)C(=O)N1C. The van der Waals surface area contributed by atoms with E-state index in [1.807, 2.05) is 67.6 Å². The van der Waals surface area contributed by atoms with Crippen molar-refractivity contribution in [2.75, 3.05) is 13.6 Å². The summed E-state index contributed by atoms with van der Waals surface area (Å²) in [6.07, 6.45) is -0.783. The van der Waals surface area contributed by atoms with Gasteiger partial charge in [0.25, 0.3) is 5.91 Å². The minimum Gasteiger partial charge on any atom is -0.462 e. The summed E-state index contributed by atoms with van der Waals surface area (Å²) in [6.45, 7) is 2.16. The second-order valence-electron chi connectivity index (χ2n) is 6.82. The Morgan fingerprint density at radius 1 is 1.07 bits per heavy atom. The van der Waals surface area contributed by atoms with Crippen LogP contribution in [0.25, 0.3) is 0 Å². The molecule has 3 amide bonds. The number of likely N-dealkylation sites (N-methyl/N-ethyl adjacent to an activating group) is 1. The third-order valence-electron chi connectivity index (χ3n) is 5.18. The third-order valence-corrected chi connectivity index (χ3v) is 5.18. The average Bonchev–Trinajstić information content (AvgIpc) is 3.29. The summed E-state index contributed by atoms with van der Waals surface area (Å²) < 4.78 is 5.81. The van der Waals surface area contributed by atoms with Crippen LogP contribution in [0, 0.1) is 0 Å². The zero-order chi connectivity index (χ0) is 19.0. The Morgan fingerprint density at radius 3 is 2.37 bits per heavy atom. The molecule has 2 heterocycles. The Balaban J connectivity index is 1.58. The Labute approximate surface area is 158 Å². The fourth-order valence-electron chi connectivity index (χ4n) is 3.60. The predicted molar refractivity (Wildman–Crippen MR) is 101 cm³/mol. The predicted octanol–water partition coefficient (Wildman–Crippen LogP) is 2.86. The second kappa shape index (κ2) is 6.87. The number of benzene rings is 2. The second-order valence-corrected chi connectivity index (χ2v) is 6.82. The van der Waals surface area contributed by atoms with E-state index in [0.29, 0.717) is 5.90 Å². The lowest BCUT2D eigenvalue weighted by Crippen LogP contribution is -2.44. The van der Waals surface area contributed by atoms with Gasteiger partial charge in [0.1, 0.15) is 0 Å². The van der Waals surface area contributed by atoms with Crippen molar-refractivity contribution in [2.45, 2.75) is 25.1 Å². The van der Waals surface area contributed by atoms with Gasteiger partial charge in [-0.2, -0.15) is 0 Å². The number of nitrogens with zero attached hydrogens (tertiary/aromatic N) is 3. The van der Waals surface area contributed by atoms with Crippen LogP contribution in [0.4, 0.5) is 4.79 Å². The molecule has 0 aromatic heterocycles. The van der Waals surface area contributed by atoms with Crippen LogP contribution in [0.1, 0.15) is 24.1 Å². The minimum atomic E-state index is -0.783. The fourth-order valence-corrected chi connectivity index (χ4v) is 3.60. The van der Waals surface area contributed by atoms with Gasteiger partial charge < -0.3 is 9.64 Å². The molecule has 2 aliphatic rings. The van der Waals surface area contributed by atoms with Gasteiger partial charge in [-0.3, -0.25) is 9.69 Å². The van der Waals surface area contributed by atoms with E-state index in [1.54, 1.807) is 11.9 Å². The number of hydrogen-bond donors (Lipinski definition) is 0. The molecular formula is C21H21N3O3. The van der Waals surface area contributed by atoms with Crippen LogP contribution in [-0.4, -0.2) is 53.4 Å². The zero-order valence-corrected chi connectivity index (χ0v) is 15.3. The van der Waals surface area contributed by atoms with Crippen molar-refractivity contribution in [1.29, 1.82) is 0 Å².